The van der Waals surface area contributed by atoms with Crippen molar-refractivity contribution < 1.29 is 0 Å². The first kappa shape index (κ1) is 11.5. The number of hydrogen-bond acceptors (Lipinski definition) is 1. The molecule has 0 saturated carbocycles. The second kappa shape index (κ2) is 5.34. The predicted molar refractivity (Wildman–Crippen MR) is 67.3 cm³/mol. The van der Waals surface area contributed by atoms with Gasteiger partial charge in [0, 0.05) is 0 Å². The van der Waals surface area contributed by atoms with E-state index >= 15 is 0 Å². The van der Waals surface area contributed by atoms with E-state index in [1.165, 1.54) is 5.56 Å². The number of nitrogens with zero attached hydrogens (tertiary/aromatic N) is 1. The van der Waals surface area contributed by atoms with Crippen LogP contribution in [0.25, 0.3) is 6.08 Å². The van der Waals surface area contributed by atoms with E-state index in [1.807, 2.05) is 30.5 Å². The number of rotatable bonds is 3. The maximum atomic E-state index is 4.57. The summed E-state index contributed by atoms with van der Waals surface area (Å²) in [5, 5.41) is 0. The molecule has 0 amide bonds. The van der Waals surface area contributed by atoms with Crippen LogP contribution in [0.1, 0.15) is 5.56 Å². The molecule has 0 saturated heterocycles. The summed E-state index contributed by atoms with van der Waals surface area (Å²) in [6.07, 6.45) is 6.06. The normalized spacial score (nSPS) is 12.8. The number of hydrogen-bond donors (Lipinski definition) is 0. The van der Waals surface area contributed by atoms with E-state index in [0.717, 1.165) is 0 Å². The van der Waals surface area contributed by atoms with Crippen LogP contribution in [0.3, 0.4) is 0 Å². The average molecular weight is 294 g/mol. The third-order valence-corrected chi connectivity index (χ3v) is 4.27. The van der Waals surface area contributed by atoms with E-state index in [4.69, 9.17) is 0 Å². The van der Waals surface area contributed by atoms with Crippen LogP contribution in [-0.4, -0.2) is 24.9 Å². The minimum absolute atomic E-state index is 1.23. The van der Waals surface area contributed by atoms with E-state index < -0.39 is 18.7 Å². The van der Waals surface area contributed by atoms with Gasteiger partial charge in [0.15, 0.2) is 0 Å². The fourth-order valence-corrected chi connectivity index (χ4v) is 2.51. The number of benzene rings is 1. The molecular formula is C12H17NSn. The van der Waals surface area contributed by atoms with E-state index in [-0.39, 0.29) is 0 Å². The summed E-state index contributed by atoms with van der Waals surface area (Å²) in [4.78, 5) is 6.88. The molecule has 0 spiro atoms. The Morgan fingerprint density at radius 3 is 2.29 bits per heavy atom. The summed E-state index contributed by atoms with van der Waals surface area (Å²) in [6, 6.07) is 10.3. The van der Waals surface area contributed by atoms with Gasteiger partial charge in [0.05, 0.1) is 0 Å². The van der Waals surface area contributed by atoms with E-state index in [1.54, 1.807) is 0 Å². The molecule has 14 heavy (non-hydrogen) atoms. The van der Waals surface area contributed by atoms with Crippen molar-refractivity contribution in [1.29, 1.82) is 0 Å². The van der Waals surface area contributed by atoms with Gasteiger partial charge in [0.2, 0.25) is 0 Å². The first-order chi connectivity index (χ1) is 6.58. The Morgan fingerprint density at radius 2 is 1.71 bits per heavy atom. The first-order valence-electron chi connectivity index (χ1n) is 4.85. The van der Waals surface area contributed by atoms with E-state index in [0.29, 0.717) is 0 Å². The summed E-state index contributed by atoms with van der Waals surface area (Å²) in [5.74, 6) is 0. The summed E-state index contributed by atoms with van der Waals surface area (Å²) in [5.41, 5.74) is 1.23. The zero-order valence-electron chi connectivity index (χ0n) is 9.07. The Hall–Kier alpha value is -0.571. The topological polar surface area (TPSA) is 12.4 Å². The van der Waals surface area contributed by atoms with Crippen molar-refractivity contribution in [2.24, 2.45) is 3.21 Å². The second-order valence-corrected chi connectivity index (χ2v) is 17.3. The van der Waals surface area contributed by atoms with Gasteiger partial charge in [-0.05, 0) is 0 Å². The fraction of sp³-hybridized carbons (Fsp3) is 0.250. The third kappa shape index (κ3) is 5.22. The van der Waals surface area contributed by atoms with Gasteiger partial charge in [-0.25, -0.2) is 0 Å². The zero-order chi connectivity index (χ0) is 10.4. The molecule has 1 aromatic carbocycles. The molecule has 2 heteroatoms. The molecular weight excluding hydrogens is 277 g/mol. The van der Waals surface area contributed by atoms with Gasteiger partial charge in [-0.2, -0.15) is 0 Å². The van der Waals surface area contributed by atoms with Crippen LogP contribution in [0.15, 0.2) is 39.6 Å². The SMILES string of the molecule is [CH3][Sn]([CH3])([CH3])/[N]=C/C=C/c1ccccc1. The van der Waals surface area contributed by atoms with Crippen molar-refractivity contribution >= 4 is 30.9 Å². The summed E-state index contributed by atoms with van der Waals surface area (Å²) in [6.45, 7) is 0. The standard InChI is InChI=1S/C9H8N.3CH3.Sn/c10-8-4-7-9-5-2-1-3-6-9;;;;/h1-8H;3*1H3;/q-1;;;;+1/b7-4+;;;;. The summed E-state index contributed by atoms with van der Waals surface area (Å²) >= 11 is -1.94. The van der Waals surface area contributed by atoms with Gasteiger partial charge in [-0.1, -0.05) is 0 Å². The first-order valence-corrected chi connectivity index (χ1v) is 14.7. The van der Waals surface area contributed by atoms with Crippen LogP contribution in [0.2, 0.25) is 14.8 Å². The summed E-state index contributed by atoms with van der Waals surface area (Å²) < 4.78 is 4.57. The molecule has 1 nitrogen and oxygen atoms in total. The Balaban J connectivity index is 2.54. The molecule has 1 rings (SSSR count). The molecule has 0 aliphatic heterocycles. The number of allylic oxidation sites excluding steroid dienone is 1. The van der Waals surface area contributed by atoms with E-state index in [9.17, 15) is 0 Å². The average Bonchev–Trinajstić information content (AvgIpc) is 2.13. The molecule has 74 valence electrons. The third-order valence-electron chi connectivity index (χ3n) is 1.64. The van der Waals surface area contributed by atoms with E-state index in [2.05, 4.69) is 36.2 Å². The molecule has 0 atom stereocenters. The molecule has 0 aromatic heterocycles. The monoisotopic (exact) mass is 295 g/mol. The van der Waals surface area contributed by atoms with Crippen LogP contribution < -0.4 is 0 Å². The molecule has 0 aliphatic rings. The van der Waals surface area contributed by atoms with Crippen molar-refractivity contribution in [3.05, 3.63) is 42.0 Å². The predicted octanol–water partition coefficient (Wildman–Crippen LogP) is 3.61. The molecule has 0 bridgehead atoms. The van der Waals surface area contributed by atoms with Crippen molar-refractivity contribution in [2.45, 2.75) is 14.8 Å². The van der Waals surface area contributed by atoms with Crippen LogP contribution in [-0.2, 0) is 0 Å². The van der Waals surface area contributed by atoms with Gasteiger partial charge in [0.1, 0.15) is 0 Å². The minimum atomic E-state index is -1.94. The van der Waals surface area contributed by atoms with Crippen molar-refractivity contribution in [3.63, 3.8) is 0 Å². The van der Waals surface area contributed by atoms with Gasteiger partial charge in [0.25, 0.3) is 0 Å². The van der Waals surface area contributed by atoms with Crippen LogP contribution in [0.4, 0.5) is 0 Å². The van der Waals surface area contributed by atoms with Crippen LogP contribution in [0.5, 0.6) is 0 Å². The Kier molecular flexibility index (Phi) is 4.39. The van der Waals surface area contributed by atoms with Gasteiger partial charge in [-0.15, -0.1) is 0 Å². The Bertz CT molecular complexity index is 320. The van der Waals surface area contributed by atoms with Gasteiger partial charge >= 0.3 is 90.9 Å². The quantitative estimate of drug-likeness (QED) is 0.596. The van der Waals surface area contributed by atoms with Crippen LogP contribution >= 0.6 is 0 Å². The maximum absolute atomic E-state index is 4.57. The second-order valence-electron chi connectivity index (χ2n) is 4.22. The molecule has 0 fully saturated rings. The molecule has 0 heterocycles. The zero-order valence-corrected chi connectivity index (χ0v) is 11.9. The Labute approximate surface area is 90.8 Å². The van der Waals surface area contributed by atoms with Gasteiger partial charge in [-0.3, -0.25) is 0 Å². The molecule has 0 radical (unpaired) electrons. The fourth-order valence-electron chi connectivity index (χ4n) is 0.985. The summed E-state index contributed by atoms with van der Waals surface area (Å²) in [7, 11) is 0. The van der Waals surface area contributed by atoms with Crippen molar-refractivity contribution in [1.82, 2.24) is 0 Å². The molecule has 0 aliphatic carbocycles. The molecule has 0 N–H and O–H groups in total. The van der Waals surface area contributed by atoms with Gasteiger partial charge < -0.3 is 0 Å². The van der Waals surface area contributed by atoms with Crippen LogP contribution in [0, 0.1) is 0 Å². The molecule has 1 aromatic rings. The Morgan fingerprint density at radius 1 is 1.07 bits per heavy atom. The molecule has 0 unspecified atom stereocenters. The van der Waals surface area contributed by atoms with Crippen molar-refractivity contribution in [3.8, 4) is 0 Å². The van der Waals surface area contributed by atoms with Crippen molar-refractivity contribution in [2.75, 3.05) is 0 Å².